The summed E-state index contributed by atoms with van der Waals surface area (Å²) in [7, 11) is 0. The van der Waals surface area contributed by atoms with Crippen molar-refractivity contribution in [1.29, 1.82) is 0 Å². The van der Waals surface area contributed by atoms with Crippen LogP contribution in [0.5, 0.6) is 17.2 Å². The molecule has 3 nitrogen and oxygen atoms in total. The number of phenols is 1. The first kappa shape index (κ1) is 24.7. The van der Waals surface area contributed by atoms with E-state index in [0.717, 1.165) is 12.8 Å². The molecule has 33 heavy (non-hydrogen) atoms. The van der Waals surface area contributed by atoms with Crippen molar-refractivity contribution >= 4 is 0 Å². The van der Waals surface area contributed by atoms with Gasteiger partial charge in [-0.15, -0.1) is 0 Å². The molecule has 3 rings (SSSR count). The van der Waals surface area contributed by atoms with E-state index in [1.165, 1.54) is 44.9 Å². The van der Waals surface area contributed by atoms with Crippen LogP contribution in [0.15, 0.2) is 84.9 Å². The molecule has 0 amide bonds. The smallest absolute Gasteiger partial charge is 0.281 e. The summed E-state index contributed by atoms with van der Waals surface area (Å²) in [5.41, 5.74) is 0.650. The zero-order chi connectivity index (χ0) is 23.2. The van der Waals surface area contributed by atoms with Crippen LogP contribution in [-0.2, 0) is 5.79 Å². The predicted octanol–water partition coefficient (Wildman–Crippen LogP) is 8.62. The van der Waals surface area contributed by atoms with E-state index in [4.69, 9.17) is 9.47 Å². The summed E-state index contributed by atoms with van der Waals surface area (Å²) < 4.78 is 13.1. The lowest BCUT2D eigenvalue weighted by Gasteiger charge is -2.35. The fourth-order valence-corrected chi connectivity index (χ4v) is 4.19. The molecular formula is C30H38O3. The van der Waals surface area contributed by atoms with Crippen molar-refractivity contribution in [3.8, 4) is 17.2 Å². The largest absolute Gasteiger partial charge is 0.507 e. The number of hydrogen-bond acceptors (Lipinski definition) is 3. The van der Waals surface area contributed by atoms with E-state index in [9.17, 15) is 5.11 Å². The lowest BCUT2D eigenvalue weighted by molar-refractivity contribution is -0.130. The number of ether oxygens (including phenoxy) is 2. The Morgan fingerprint density at radius 2 is 1.03 bits per heavy atom. The first-order valence-electron chi connectivity index (χ1n) is 12.5. The van der Waals surface area contributed by atoms with Crippen molar-refractivity contribution < 1.29 is 14.6 Å². The first-order valence-corrected chi connectivity index (χ1v) is 12.5. The van der Waals surface area contributed by atoms with E-state index in [2.05, 4.69) is 6.92 Å². The van der Waals surface area contributed by atoms with Crippen molar-refractivity contribution in [2.45, 2.75) is 76.9 Å². The van der Waals surface area contributed by atoms with Gasteiger partial charge >= 0.3 is 0 Å². The van der Waals surface area contributed by atoms with Gasteiger partial charge in [-0.05, 0) is 42.8 Å². The van der Waals surface area contributed by atoms with E-state index in [1.807, 2.05) is 78.9 Å². The Balaban J connectivity index is 1.77. The van der Waals surface area contributed by atoms with Gasteiger partial charge in [-0.3, -0.25) is 0 Å². The molecule has 0 unspecified atom stereocenters. The van der Waals surface area contributed by atoms with Gasteiger partial charge in [0.2, 0.25) is 0 Å². The molecule has 0 saturated carbocycles. The Hall–Kier alpha value is -2.94. The van der Waals surface area contributed by atoms with Gasteiger partial charge in [0.05, 0.1) is 5.56 Å². The molecule has 0 aliphatic heterocycles. The second-order valence-electron chi connectivity index (χ2n) is 8.68. The highest BCUT2D eigenvalue weighted by Crippen LogP contribution is 2.40. The van der Waals surface area contributed by atoms with Crippen LogP contribution in [0.1, 0.15) is 76.7 Å². The molecule has 0 aliphatic carbocycles. The normalized spacial score (nSPS) is 11.3. The highest BCUT2D eigenvalue weighted by molar-refractivity contribution is 5.38. The third kappa shape index (κ3) is 7.85. The average molecular weight is 447 g/mol. The molecule has 3 aromatic rings. The molecule has 0 aliphatic rings. The van der Waals surface area contributed by atoms with Crippen LogP contribution in [0.2, 0.25) is 0 Å². The van der Waals surface area contributed by atoms with Gasteiger partial charge < -0.3 is 14.6 Å². The van der Waals surface area contributed by atoms with Gasteiger partial charge in [-0.2, -0.15) is 0 Å². The molecule has 0 heterocycles. The molecule has 1 N–H and O–H groups in total. The third-order valence-corrected chi connectivity index (χ3v) is 5.98. The quantitative estimate of drug-likeness (QED) is 0.187. The van der Waals surface area contributed by atoms with E-state index < -0.39 is 5.79 Å². The third-order valence-electron chi connectivity index (χ3n) is 5.98. The van der Waals surface area contributed by atoms with E-state index in [-0.39, 0.29) is 5.75 Å². The summed E-state index contributed by atoms with van der Waals surface area (Å²) in [5.74, 6) is 0.496. The summed E-state index contributed by atoms with van der Waals surface area (Å²) in [4.78, 5) is 0. The SMILES string of the molecule is CCCCCCCCCCCC(Oc1ccccc1)(Oc1ccccc1)c1ccccc1O. The molecule has 0 aromatic heterocycles. The van der Waals surface area contributed by atoms with Gasteiger partial charge in [0.15, 0.2) is 0 Å². The second-order valence-corrected chi connectivity index (χ2v) is 8.68. The van der Waals surface area contributed by atoms with Gasteiger partial charge in [0.25, 0.3) is 5.79 Å². The number of aromatic hydroxyl groups is 1. The van der Waals surface area contributed by atoms with E-state index >= 15 is 0 Å². The fraction of sp³-hybridized carbons (Fsp3) is 0.400. The Labute approximate surface area is 199 Å². The van der Waals surface area contributed by atoms with Crippen LogP contribution in [0.25, 0.3) is 0 Å². The Morgan fingerprint density at radius 1 is 0.576 bits per heavy atom. The molecule has 3 heteroatoms. The topological polar surface area (TPSA) is 38.7 Å². The highest BCUT2D eigenvalue weighted by Gasteiger charge is 2.39. The summed E-state index contributed by atoms with van der Waals surface area (Å²) in [5, 5.41) is 10.8. The van der Waals surface area contributed by atoms with Crippen LogP contribution in [-0.4, -0.2) is 5.11 Å². The summed E-state index contributed by atoms with van der Waals surface area (Å²) >= 11 is 0. The summed E-state index contributed by atoms with van der Waals surface area (Å²) in [6.07, 6.45) is 11.8. The molecule has 0 atom stereocenters. The Kier molecular flexibility index (Phi) is 10.2. The number of benzene rings is 3. The molecular weight excluding hydrogens is 408 g/mol. The van der Waals surface area contributed by atoms with Crippen LogP contribution >= 0.6 is 0 Å². The van der Waals surface area contributed by atoms with E-state index in [0.29, 0.717) is 23.5 Å². The fourth-order valence-electron chi connectivity index (χ4n) is 4.19. The number of phenolic OH excluding ortho intramolecular Hbond substituents is 1. The van der Waals surface area contributed by atoms with Crippen LogP contribution in [0.4, 0.5) is 0 Å². The molecule has 0 saturated heterocycles. The Morgan fingerprint density at radius 3 is 1.55 bits per heavy atom. The molecule has 0 bridgehead atoms. The van der Waals surface area contributed by atoms with Crippen molar-refractivity contribution in [3.05, 3.63) is 90.5 Å². The lowest BCUT2D eigenvalue weighted by atomic mass is 9.96. The van der Waals surface area contributed by atoms with Crippen molar-refractivity contribution in [2.75, 3.05) is 0 Å². The summed E-state index contributed by atoms with van der Waals surface area (Å²) in [6, 6.07) is 26.8. The van der Waals surface area contributed by atoms with Gasteiger partial charge in [0, 0.05) is 6.42 Å². The van der Waals surface area contributed by atoms with Crippen LogP contribution < -0.4 is 9.47 Å². The minimum Gasteiger partial charge on any atom is -0.507 e. The maximum atomic E-state index is 10.8. The van der Waals surface area contributed by atoms with Gasteiger partial charge in [-0.25, -0.2) is 0 Å². The number of hydrogen-bond donors (Lipinski definition) is 1. The van der Waals surface area contributed by atoms with Crippen LogP contribution in [0, 0.1) is 0 Å². The van der Waals surface area contributed by atoms with E-state index in [1.54, 1.807) is 6.07 Å². The molecule has 176 valence electrons. The van der Waals surface area contributed by atoms with Gasteiger partial charge in [0.1, 0.15) is 17.2 Å². The zero-order valence-corrected chi connectivity index (χ0v) is 19.9. The minimum atomic E-state index is -1.12. The van der Waals surface area contributed by atoms with Crippen LogP contribution in [0.3, 0.4) is 0 Å². The van der Waals surface area contributed by atoms with Crippen molar-refractivity contribution in [1.82, 2.24) is 0 Å². The zero-order valence-electron chi connectivity index (χ0n) is 19.9. The maximum Gasteiger partial charge on any atom is 0.281 e. The minimum absolute atomic E-state index is 0.181. The lowest BCUT2D eigenvalue weighted by Crippen LogP contribution is -2.39. The molecule has 0 radical (unpaired) electrons. The number of para-hydroxylation sites is 3. The maximum absolute atomic E-state index is 10.8. The van der Waals surface area contributed by atoms with Gasteiger partial charge in [-0.1, -0.05) is 107 Å². The standard InChI is InChI=1S/C30H38O3/c1-2-3-4-5-6-7-8-9-18-25-30(28-23-16-17-24-29(28)31,32-26-19-12-10-13-20-26)33-27-21-14-11-15-22-27/h10-17,19-24,31H,2-9,18,25H2,1H3. The predicted molar refractivity (Wildman–Crippen MR) is 136 cm³/mol. The molecule has 0 spiro atoms. The van der Waals surface area contributed by atoms with Crippen molar-refractivity contribution in [3.63, 3.8) is 0 Å². The summed E-state index contributed by atoms with van der Waals surface area (Å²) in [6.45, 7) is 2.26. The number of unbranched alkanes of at least 4 members (excludes halogenated alkanes) is 8. The second kappa shape index (κ2) is 13.6. The monoisotopic (exact) mass is 446 g/mol. The van der Waals surface area contributed by atoms with Crippen molar-refractivity contribution in [2.24, 2.45) is 0 Å². The Bertz CT molecular complexity index is 867. The molecule has 3 aromatic carbocycles. The average Bonchev–Trinajstić information content (AvgIpc) is 2.84. The highest BCUT2D eigenvalue weighted by atomic mass is 16.7. The number of rotatable bonds is 15. The molecule has 0 fully saturated rings. The first-order chi connectivity index (χ1) is 16.2.